The van der Waals surface area contributed by atoms with E-state index in [4.69, 9.17) is 0 Å². The van der Waals surface area contributed by atoms with Gasteiger partial charge in [-0.25, -0.2) is 0 Å². The second-order valence-corrected chi connectivity index (χ2v) is 4.59. The molecule has 0 aromatic heterocycles. The van der Waals surface area contributed by atoms with Gasteiger partial charge in [0, 0.05) is 12.0 Å². The quantitative estimate of drug-likeness (QED) is 0.664. The van der Waals surface area contributed by atoms with Gasteiger partial charge in [0.2, 0.25) is 5.91 Å². The largest absolute Gasteiger partial charge is 0.354 e. The molecule has 2 aliphatic carbocycles. The number of hydrogen-bond acceptors (Lipinski definition) is 1. The summed E-state index contributed by atoms with van der Waals surface area (Å²) in [6, 6.07) is 0.300. The SMILES string of the molecule is CC(C)NC(=O)C1CC2CC2C1. The first-order chi connectivity index (χ1) is 5.66. The zero-order valence-corrected chi connectivity index (χ0v) is 7.84. The number of fused-ring (bicyclic) bond motifs is 1. The van der Waals surface area contributed by atoms with E-state index in [0.29, 0.717) is 12.0 Å². The molecule has 2 rings (SSSR count). The van der Waals surface area contributed by atoms with Crippen LogP contribution in [0.1, 0.15) is 33.1 Å². The molecular weight excluding hydrogens is 150 g/mol. The number of carbonyl (C=O) groups is 1. The van der Waals surface area contributed by atoms with Gasteiger partial charge in [-0.2, -0.15) is 0 Å². The Hall–Kier alpha value is -0.530. The highest BCUT2D eigenvalue weighted by Gasteiger charge is 2.47. The Labute approximate surface area is 73.7 Å². The van der Waals surface area contributed by atoms with Crippen molar-refractivity contribution in [2.75, 3.05) is 0 Å². The van der Waals surface area contributed by atoms with E-state index >= 15 is 0 Å². The van der Waals surface area contributed by atoms with Gasteiger partial charge in [0.25, 0.3) is 0 Å². The minimum absolute atomic E-state index is 0.289. The summed E-state index contributed by atoms with van der Waals surface area (Å²) < 4.78 is 0. The Morgan fingerprint density at radius 3 is 2.33 bits per heavy atom. The third-order valence-electron chi connectivity index (χ3n) is 3.05. The molecule has 0 saturated heterocycles. The van der Waals surface area contributed by atoms with Crippen LogP contribution in [-0.2, 0) is 4.79 Å². The first kappa shape index (κ1) is 8.09. The first-order valence-corrected chi connectivity index (χ1v) is 4.97. The van der Waals surface area contributed by atoms with E-state index in [2.05, 4.69) is 5.32 Å². The summed E-state index contributed by atoms with van der Waals surface area (Å²) in [7, 11) is 0. The number of nitrogens with one attached hydrogen (secondary N) is 1. The summed E-state index contributed by atoms with van der Waals surface area (Å²) in [6.45, 7) is 4.04. The molecule has 2 nitrogen and oxygen atoms in total. The van der Waals surface area contributed by atoms with Crippen molar-refractivity contribution < 1.29 is 4.79 Å². The lowest BCUT2D eigenvalue weighted by atomic mass is 10.0. The molecule has 0 aromatic carbocycles. The third kappa shape index (κ3) is 1.47. The molecule has 1 N–H and O–H groups in total. The van der Waals surface area contributed by atoms with Crippen LogP contribution in [-0.4, -0.2) is 11.9 Å². The average Bonchev–Trinajstić information content (AvgIpc) is 2.57. The molecule has 2 unspecified atom stereocenters. The van der Waals surface area contributed by atoms with Gasteiger partial charge >= 0.3 is 0 Å². The Kier molecular flexibility index (Phi) is 1.85. The Morgan fingerprint density at radius 2 is 1.83 bits per heavy atom. The topological polar surface area (TPSA) is 29.1 Å². The number of amides is 1. The maximum absolute atomic E-state index is 11.5. The smallest absolute Gasteiger partial charge is 0.223 e. The minimum atomic E-state index is 0.289. The lowest BCUT2D eigenvalue weighted by Crippen LogP contribution is -2.35. The highest BCUT2D eigenvalue weighted by molar-refractivity contribution is 5.79. The molecular formula is C10H17NO. The highest BCUT2D eigenvalue weighted by Crippen LogP contribution is 2.54. The van der Waals surface area contributed by atoms with E-state index in [-0.39, 0.29) is 5.91 Å². The van der Waals surface area contributed by atoms with E-state index in [1.165, 1.54) is 6.42 Å². The Bertz CT molecular complexity index is 190. The van der Waals surface area contributed by atoms with Crippen molar-refractivity contribution >= 4 is 5.91 Å². The van der Waals surface area contributed by atoms with Crippen LogP contribution >= 0.6 is 0 Å². The van der Waals surface area contributed by atoms with E-state index in [1.54, 1.807) is 0 Å². The fourth-order valence-electron chi connectivity index (χ4n) is 2.33. The molecule has 12 heavy (non-hydrogen) atoms. The second-order valence-electron chi connectivity index (χ2n) is 4.59. The maximum atomic E-state index is 11.5. The summed E-state index contributed by atoms with van der Waals surface area (Å²) in [4.78, 5) is 11.5. The monoisotopic (exact) mass is 167 g/mol. The van der Waals surface area contributed by atoms with E-state index < -0.39 is 0 Å². The Balaban J connectivity index is 1.81. The van der Waals surface area contributed by atoms with Gasteiger partial charge in [-0.3, -0.25) is 4.79 Å². The molecule has 2 aliphatic rings. The van der Waals surface area contributed by atoms with Crippen molar-refractivity contribution in [1.82, 2.24) is 5.32 Å². The van der Waals surface area contributed by atoms with Crippen molar-refractivity contribution in [3.63, 3.8) is 0 Å². The predicted octanol–water partition coefficient (Wildman–Crippen LogP) is 1.56. The van der Waals surface area contributed by atoms with Gasteiger partial charge in [0.15, 0.2) is 0 Å². The van der Waals surface area contributed by atoms with Crippen molar-refractivity contribution in [2.45, 2.75) is 39.2 Å². The maximum Gasteiger partial charge on any atom is 0.223 e. The molecule has 0 spiro atoms. The van der Waals surface area contributed by atoms with Crippen LogP contribution in [0.2, 0.25) is 0 Å². The van der Waals surface area contributed by atoms with Gasteiger partial charge in [-0.05, 0) is 44.9 Å². The van der Waals surface area contributed by atoms with Gasteiger partial charge in [0.1, 0.15) is 0 Å². The van der Waals surface area contributed by atoms with Gasteiger partial charge in [-0.1, -0.05) is 0 Å². The molecule has 2 saturated carbocycles. The van der Waals surface area contributed by atoms with Crippen molar-refractivity contribution in [1.29, 1.82) is 0 Å². The summed E-state index contributed by atoms with van der Waals surface area (Å²) in [5.74, 6) is 2.45. The van der Waals surface area contributed by atoms with Crippen molar-refractivity contribution in [3.05, 3.63) is 0 Å². The number of carbonyl (C=O) groups excluding carboxylic acids is 1. The third-order valence-corrected chi connectivity index (χ3v) is 3.05. The fourth-order valence-corrected chi connectivity index (χ4v) is 2.33. The first-order valence-electron chi connectivity index (χ1n) is 4.97. The summed E-state index contributed by atoms with van der Waals surface area (Å²) in [6.07, 6.45) is 3.71. The molecule has 0 heterocycles. The van der Waals surface area contributed by atoms with Gasteiger partial charge in [-0.15, -0.1) is 0 Å². The normalized spacial score (nSPS) is 38.1. The van der Waals surface area contributed by atoms with Crippen LogP contribution in [0.4, 0.5) is 0 Å². The Morgan fingerprint density at radius 1 is 1.25 bits per heavy atom. The van der Waals surface area contributed by atoms with Crippen LogP contribution in [0.5, 0.6) is 0 Å². The molecule has 1 amide bonds. The van der Waals surface area contributed by atoms with Crippen LogP contribution < -0.4 is 5.32 Å². The molecule has 0 aromatic rings. The van der Waals surface area contributed by atoms with Crippen LogP contribution in [0, 0.1) is 17.8 Å². The van der Waals surface area contributed by atoms with Gasteiger partial charge < -0.3 is 5.32 Å². The molecule has 68 valence electrons. The number of rotatable bonds is 2. The lowest BCUT2D eigenvalue weighted by Gasteiger charge is -2.14. The van der Waals surface area contributed by atoms with E-state index in [0.717, 1.165) is 24.7 Å². The zero-order valence-electron chi connectivity index (χ0n) is 7.84. The molecule has 0 aliphatic heterocycles. The van der Waals surface area contributed by atoms with Crippen molar-refractivity contribution in [3.8, 4) is 0 Å². The molecule has 2 fully saturated rings. The standard InChI is InChI=1S/C10H17NO/c1-6(2)11-10(12)9-4-7-3-8(7)5-9/h6-9H,3-5H2,1-2H3,(H,11,12). The predicted molar refractivity (Wildman–Crippen MR) is 47.6 cm³/mol. The molecule has 0 bridgehead atoms. The minimum Gasteiger partial charge on any atom is -0.354 e. The van der Waals surface area contributed by atoms with Crippen LogP contribution in [0.3, 0.4) is 0 Å². The second kappa shape index (κ2) is 2.75. The van der Waals surface area contributed by atoms with E-state index in [1.807, 2.05) is 13.8 Å². The zero-order chi connectivity index (χ0) is 8.72. The van der Waals surface area contributed by atoms with Crippen LogP contribution in [0.15, 0.2) is 0 Å². The van der Waals surface area contributed by atoms with E-state index in [9.17, 15) is 4.79 Å². The van der Waals surface area contributed by atoms with Crippen LogP contribution in [0.25, 0.3) is 0 Å². The van der Waals surface area contributed by atoms with Gasteiger partial charge in [0.05, 0.1) is 0 Å². The fraction of sp³-hybridized carbons (Fsp3) is 0.900. The molecule has 2 atom stereocenters. The lowest BCUT2D eigenvalue weighted by molar-refractivity contribution is -0.125. The summed E-state index contributed by atoms with van der Waals surface area (Å²) in [5, 5.41) is 2.99. The summed E-state index contributed by atoms with van der Waals surface area (Å²) >= 11 is 0. The average molecular weight is 167 g/mol. The molecule has 2 heteroatoms. The highest BCUT2D eigenvalue weighted by atomic mass is 16.1. The summed E-state index contributed by atoms with van der Waals surface area (Å²) in [5.41, 5.74) is 0. The van der Waals surface area contributed by atoms with Crippen molar-refractivity contribution in [2.24, 2.45) is 17.8 Å². The number of hydrogen-bond donors (Lipinski definition) is 1. The molecule has 0 radical (unpaired) electrons.